The smallest absolute Gasteiger partial charge is 0.194 e. The molecular weight excluding hydrogens is 293 g/mol. The van der Waals surface area contributed by atoms with Gasteiger partial charge in [-0.15, -0.1) is 12.4 Å². The summed E-state index contributed by atoms with van der Waals surface area (Å²) in [5, 5.41) is 12.3. The van der Waals surface area contributed by atoms with Crippen LogP contribution < -0.4 is 5.32 Å². The van der Waals surface area contributed by atoms with Crippen LogP contribution in [0.15, 0.2) is 12.1 Å². The molecule has 2 N–H and O–H groups in total. The Balaban J connectivity index is 0.00000200. The second-order valence-electron chi connectivity index (χ2n) is 4.61. The fourth-order valence-corrected chi connectivity index (χ4v) is 2.44. The van der Waals surface area contributed by atoms with Gasteiger partial charge >= 0.3 is 0 Å². The van der Waals surface area contributed by atoms with E-state index in [0.29, 0.717) is 12.0 Å². The van der Waals surface area contributed by atoms with Crippen molar-refractivity contribution in [1.82, 2.24) is 10.2 Å². The number of halogens is 4. The Kier molecular flexibility index (Phi) is 6.75. The Bertz CT molecular complexity index is 419. The van der Waals surface area contributed by atoms with Crippen LogP contribution in [0, 0.1) is 17.5 Å². The van der Waals surface area contributed by atoms with Gasteiger partial charge in [0.05, 0.1) is 0 Å². The van der Waals surface area contributed by atoms with E-state index in [1.165, 1.54) is 0 Å². The van der Waals surface area contributed by atoms with Crippen LogP contribution >= 0.6 is 12.4 Å². The first-order chi connectivity index (χ1) is 9.13. The molecule has 0 aromatic heterocycles. The number of nitrogens with zero attached hydrogens (tertiary/aromatic N) is 1. The first kappa shape index (κ1) is 17.2. The molecule has 1 atom stereocenters. The Morgan fingerprint density at radius 1 is 1.15 bits per heavy atom. The van der Waals surface area contributed by atoms with Gasteiger partial charge in [-0.25, -0.2) is 13.2 Å². The quantitative estimate of drug-likeness (QED) is 0.833. The fourth-order valence-electron chi connectivity index (χ4n) is 2.44. The van der Waals surface area contributed by atoms with Crippen LogP contribution in [0.2, 0.25) is 0 Å². The Morgan fingerprint density at radius 2 is 1.70 bits per heavy atom. The van der Waals surface area contributed by atoms with Gasteiger partial charge in [-0.3, -0.25) is 4.90 Å². The summed E-state index contributed by atoms with van der Waals surface area (Å²) in [6.45, 7) is 2.94. The molecule has 0 saturated carbocycles. The highest BCUT2D eigenvalue weighted by atomic mass is 35.5. The minimum Gasteiger partial charge on any atom is -0.396 e. The molecule has 0 spiro atoms. The van der Waals surface area contributed by atoms with Crippen LogP contribution in [0.3, 0.4) is 0 Å². The number of aliphatic hydroxyl groups is 1. The van der Waals surface area contributed by atoms with Crippen LogP contribution in [-0.2, 0) is 0 Å². The molecule has 2 rings (SSSR count). The molecular formula is C13H18ClF3N2O. The molecule has 114 valence electrons. The lowest BCUT2D eigenvalue weighted by Gasteiger charge is -2.35. The summed E-state index contributed by atoms with van der Waals surface area (Å²) in [4.78, 5) is 2.04. The normalized spacial score (nSPS) is 17.6. The molecule has 1 heterocycles. The van der Waals surface area contributed by atoms with Crippen molar-refractivity contribution >= 4 is 12.4 Å². The average Bonchev–Trinajstić information content (AvgIpc) is 2.42. The summed E-state index contributed by atoms with van der Waals surface area (Å²) in [7, 11) is 0. The van der Waals surface area contributed by atoms with Crippen molar-refractivity contribution in [3.63, 3.8) is 0 Å². The molecule has 1 aromatic carbocycles. The zero-order chi connectivity index (χ0) is 13.8. The van der Waals surface area contributed by atoms with E-state index in [1.807, 2.05) is 4.90 Å². The predicted octanol–water partition coefficient (Wildman–Crippen LogP) is 1.85. The lowest BCUT2D eigenvalue weighted by molar-refractivity contribution is 0.140. The number of piperazine rings is 1. The first-order valence-corrected chi connectivity index (χ1v) is 6.33. The molecule has 20 heavy (non-hydrogen) atoms. The molecule has 7 heteroatoms. The maximum absolute atomic E-state index is 13.3. The van der Waals surface area contributed by atoms with Crippen molar-refractivity contribution in [3.05, 3.63) is 35.1 Å². The van der Waals surface area contributed by atoms with E-state index in [-0.39, 0.29) is 25.1 Å². The van der Waals surface area contributed by atoms with E-state index in [0.717, 1.165) is 38.3 Å². The van der Waals surface area contributed by atoms with Gasteiger partial charge in [0.15, 0.2) is 17.5 Å². The number of hydrogen-bond donors (Lipinski definition) is 2. The predicted molar refractivity (Wildman–Crippen MR) is 72.5 cm³/mol. The van der Waals surface area contributed by atoms with Crippen molar-refractivity contribution in [2.75, 3.05) is 32.8 Å². The summed E-state index contributed by atoms with van der Waals surface area (Å²) >= 11 is 0. The monoisotopic (exact) mass is 310 g/mol. The minimum absolute atomic E-state index is 0. The van der Waals surface area contributed by atoms with Crippen LogP contribution in [-0.4, -0.2) is 42.8 Å². The second-order valence-corrected chi connectivity index (χ2v) is 4.61. The molecule has 1 fully saturated rings. The SMILES string of the molecule is Cl.OCC[C@@H](c1cc(F)c(F)c(F)c1)N1CCNCC1. The van der Waals surface area contributed by atoms with Gasteiger partial charge < -0.3 is 10.4 Å². The van der Waals surface area contributed by atoms with Crippen molar-refractivity contribution in [2.45, 2.75) is 12.5 Å². The second kappa shape index (κ2) is 7.83. The van der Waals surface area contributed by atoms with Gasteiger partial charge in [-0.05, 0) is 24.1 Å². The Hall–Kier alpha value is -0.820. The topological polar surface area (TPSA) is 35.5 Å². The standard InChI is InChI=1S/C13H17F3N2O.ClH/c14-10-7-9(8-11(15)13(10)16)12(1-6-19)18-4-2-17-3-5-18;/h7-8,12,17,19H,1-6H2;1H/t12-;/m0./s1. The molecule has 0 bridgehead atoms. The summed E-state index contributed by atoms with van der Waals surface area (Å²) in [5.74, 6) is -3.83. The minimum atomic E-state index is -1.45. The third-order valence-corrected chi connectivity index (χ3v) is 3.39. The zero-order valence-corrected chi connectivity index (χ0v) is 11.7. The van der Waals surface area contributed by atoms with Crippen LogP contribution in [0.5, 0.6) is 0 Å². The number of aliphatic hydroxyl groups excluding tert-OH is 1. The number of benzene rings is 1. The van der Waals surface area contributed by atoms with Gasteiger partial charge in [0.25, 0.3) is 0 Å². The van der Waals surface area contributed by atoms with E-state index in [2.05, 4.69) is 5.32 Å². The molecule has 1 aliphatic heterocycles. The molecule has 1 aromatic rings. The van der Waals surface area contributed by atoms with Crippen LogP contribution in [0.25, 0.3) is 0 Å². The summed E-state index contributed by atoms with van der Waals surface area (Å²) in [5.41, 5.74) is 0.368. The summed E-state index contributed by atoms with van der Waals surface area (Å²) in [6, 6.07) is 1.73. The molecule has 0 amide bonds. The van der Waals surface area contributed by atoms with E-state index in [9.17, 15) is 13.2 Å². The van der Waals surface area contributed by atoms with Gasteiger partial charge in [0, 0.05) is 38.8 Å². The van der Waals surface area contributed by atoms with Gasteiger partial charge in [-0.2, -0.15) is 0 Å². The number of rotatable bonds is 4. The summed E-state index contributed by atoms with van der Waals surface area (Å²) in [6.07, 6.45) is 0.366. The van der Waals surface area contributed by atoms with E-state index >= 15 is 0 Å². The average molecular weight is 311 g/mol. The largest absolute Gasteiger partial charge is 0.396 e. The Labute approximate surface area is 122 Å². The Morgan fingerprint density at radius 3 is 2.20 bits per heavy atom. The van der Waals surface area contributed by atoms with E-state index in [4.69, 9.17) is 5.11 Å². The third kappa shape index (κ3) is 3.85. The van der Waals surface area contributed by atoms with E-state index in [1.54, 1.807) is 0 Å². The van der Waals surface area contributed by atoms with Crippen molar-refractivity contribution < 1.29 is 18.3 Å². The lowest BCUT2D eigenvalue weighted by Crippen LogP contribution is -2.45. The summed E-state index contributed by atoms with van der Waals surface area (Å²) < 4.78 is 39.6. The maximum atomic E-state index is 13.3. The lowest BCUT2D eigenvalue weighted by atomic mass is 10.0. The van der Waals surface area contributed by atoms with Crippen molar-refractivity contribution in [3.8, 4) is 0 Å². The van der Waals surface area contributed by atoms with Crippen LogP contribution in [0.4, 0.5) is 13.2 Å². The molecule has 0 radical (unpaired) electrons. The molecule has 3 nitrogen and oxygen atoms in total. The zero-order valence-electron chi connectivity index (χ0n) is 10.9. The third-order valence-electron chi connectivity index (χ3n) is 3.39. The molecule has 0 unspecified atom stereocenters. The molecule has 1 saturated heterocycles. The fraction of sp³-hybridized carbons (Fsp3) is 0.538. The number of nitrogens with one attached hydrogen (secondary N) is 1. The highest BCUT2D eigenvalue weighted by Gasteiger charge is 2.24. The molecule has 1 aliphatic rings. The molecule has 0 aliphatic carbocycles. The van der Waals surface area contributed by atoms with Gasteiger partial charge in [0.2, 0.25) is 0 Å². The van der Waals surface area contributed by atoms with Crippen molar-refractivity contribution in [1.29, 1.82) is 0 Å². The van der Waals surface area contributed by atoms with Gasteiger partial charge in [-0.1, -0.05) is 0 Å². The van der Waals surface area contributed by atoms with Crippen molar-refractivity contribution in [2.24, 2.45) is 0 Å². The first-order valence-electron chi connectivity index (χ1n) is 6.33. The van der Waals surface area contributed by atoms with Crippen LogP contribution in [0.1, 0.15) is 18.0 Å². The van der Waals surface area contributed by atoms with E-state index < -0.39 is 17.5 Å². The maximum Gasteiger partial charge on any atom is 0.194 e. The highest BCUT2D eigenvalue weighted by Crippen LogP contribution is 2.27. The highest BCUT2D eigenvalue weighted by molar-refractivity contribution is 5.85. The van der Waals surface area contributed by atoms with Gasteiger partial charge in [0.1, 0.15) is 0 Å². The number of hydrogen-bond acceptors (Lipinski definition) is 3.